The number of carbonyl (C=O) groups excluding carboxylic acids is 1. The zero-order valence-electron chi connectivity index (χ0n) is 12.2. The summed E-state index contributed by atoms with van der Waals surface area (Å²) in [5.74, 6) is 0.221. The number of rotatable bonds is 2. The van der Waals surface area contributed by atoms with Crippen molar-refractivity contribution in [1.29, 1.82) is 0 Å². The molecule has 0 N–H and O–H groups in total. The Balaban J connectivity index is 1.56. The van der Waals surface area contributed by atoms with Gasteiger partial charge in [-0.15, -0.1) is 11.3 Å². The van der Waals surface area contributed by atoms with Crippen molar-refractivity contribution in [3.8, 4) is 0 Å². The lowest BCUT2D eigenvalue weighted by molar-refractivity contribution is -0.131. The van der Waals surface area contributed by atoms with Gasteiger partial charge in [-0.3, -0.25) is 4.79 Å². The van der Waals surface area contributed by atoms with Gasteiger partial charge >= 0.3 is 0 Å². The molecule has 3 nitrogen and oxygen atoms in total. The Kier molecular flexibility index (Phi) is 4.86. The van der Waals surface area contributed by atoms with Gasteiger partial charge in [0.05, 0.1) is 5.25 Å². The summed E-state index contributed by atoms with van der Waals surface area (Å²) in [5.41, 5.74) is 1.32. The number of thiophene rings is 1. The minimum absolute atomic E-state index is 0.0849. The summed E-state index contributed by atoms with van der Waals surface area (Å²) >= 11 is 8.83. The van der Waals surface area contributed by atoms with E-state index in [0.29, 0.717) is 0 Å². The largest absolute Gasteiger partial charge is 0.358 e. The number of amides is 1. The number of likely N-dealkylation sites (tertiary alicyclic amines) is 1. The van der Waals surface area contributed by atoms with Gasteiger partial charge in [-0.05, 0) is 43.2 Å². The number of hydrogen-bond donors (Lipinski definition) is 0. The highest BCUT2D eigenvalue weighted by Crippen LogP contribution is 2.27. The Morgan fingerprint density at radius 1 is 1.33 bits per heavy atom. The number of fused-ring (bicyclic) bond motifs is 1. The van der Waals surface area contributed by atoms with Crippen molar-refractivity contribution in [3.63, 3.8) is 0 Å². The highest BCUT2D eigenvalue weighted by Gasteiger charge is 2.27. The summed E-state index contributed by atoms with van der Waals surface area (Å²) in [6, 6.07) is 2.14. The normalized spacial score (nSPS) is 19.5. The van der Waals surface area contributed by atoms with Crippen LogP contribution in [0, 0.1) is 0 Å². The molecule has 114 valence electrons. The average Bonchev–Trinajstić information content (AvgIpc) is 3.16. The Labute approximate surface area is 139 Å². The summed E-state index contributed by atoms with van der Waals surface area (Å²) in [6.07, 6.45) is 3.43. The van der Waals surface area contributed by atoms with Crippen LogP contribution in [0.2, 0.25) is 0 Å². The molecule has 2 aliphatic rings. The van der Waals surface area contributed by atoms with Crippen LogP contribution in [-0.2, 0) is 17.8 Å². The SMILES string of the molecule is CC(SC(=S)N1CCCC1)C(=O)N1CCc2sccc2C1. The summed E-state index contributed by atoms with van der Waals surface area (Å²) in [5, 5.41) is 2.04. The number of thiocarbonyl (C=S) groups is 1. The molecule has 1 atom stereocenters. The molecule has 1 fully saturated rings. The predicted molar refractivity (Wildman–Crippen MR) is 93.9 cm³/mol. The third-order valence-electron chi connectivity index (χ3n) is 4.11. The molecule has 2 aliphatic heterocycles. The van der Waals surface area contributed by atoms with Crippen molar-refractivity contribution in [2.75, 3.05) is 19.6 Å². The lowest BCUT2D eigenvalue weighted by Gasteiger charge is -2.30. The summed E-state index contributed by atoms with van der Waals surface area (Å²) in [7, 11) is 0. The second kappa shape index (κ2) is 6.67. The summed E-state index contributed by atoms with van der Waals surface area (Å²) < 4.78 is 0.890. The number of thioether (sulfide) groups is 1. The topological polar surface area (TPSA) is 23.6 Å². The van der Waals surface area contributed by atoms with E-state index in [1.54, 1.807) is 23.1 Å². The first-order chi connectivity index (χ1) is 10.1. The van der Waals surface area contributed by atoms with Gasteiger partial charge < -0.3 is 9.80 Å². The molecule has 1 unspecified atom stereocenters. The van der Waals surface area contributed by atoms with Gasteiger partial charge in [-0.2, -0.15) is 0 Å². The highest BCUT2D eigenvalue weighted by molar-refractivity contribution is 8.23. The molecule has 1 saturated heterocycles. The van der Waals surface area contributed by atoms with Crippen LogP contribution in [0.1, 0.15) is 30.2 Å². The van der Waals surface area contributed by atoms with Gasteiger partial charge in [-0.1, -0.05) is 24.0 Å². The van der Waals surface area contributed by atoms with Crippen molar-refractivity contribution >= 4 is 45.5 Å². The second-order valence-electron chi connectivity index (χ2n) is 5.60. The number of nitrogens with zero attached hydrogens (tertiary/aromatic N) is 2. The van der Waals surface area contributed by atoms with E-state index in [2.05, 4.69) is 16.3 Å². The first-order valence-corrected chi connectivity index (χ1v) is 9.61. The van der Waals surface area contributed by atoms with Crippen LogP contribution in [0.3, 0.4) is 0 Å². The Morgan fingerprint density at radius 2 is 2.10 bits per heavy atom. The zero-order chi connectivity index (χ0) is 14.8. The third kappa shape index (κ3) is 3.43. The Hall–Kier alpha value is -0.590. The number of carbonyl (C=O) groups is 1. The molecule has 1 amide bonds. The molecule has 0 aromatic carbocycles. The van der Waals surface area contributed by atoms with E-state index in [4.69, 9.17) is 12.2 Å². The van der Waals surface area contributed by atoms with E-state index >= 15 is 0 Å². The molecular formula is C15H20N2OS3. The fourth-order valence-corrected chi connectivity index (χ4v) is 5.26. The summed E-state index contributed by atoms with van der Waals surface area (Å²) in [4.78, 5) is 18.3. The molecule has 1 aromatic heterocycles. The van der Waals surface area contributed by atoms with Crippen LogP contribution in [-0.4, -0.2) is 44.9 Å². The number of hydrogen-bond acceptors (Lipinski definition) is 4. The molecule has 0 radical (unpaired) electrons. The standard InChI is InChI=1S/C15H20N2OS3/c1-11(21-15(19)16-6-2-3-7-16)14(18)17-8-4-13-12(10-17)5-9-20-13/h5,9,11H,2-4,6-8,10H2,1H3. The van der Waals surface area contributed by atoms with E-state index < -0.39 is 0 Å². The van der Waals surface area contributed by atoms with Gasteiger partial charge in [0.25, 0.3) is 0 Å². The maximum Gasteiger partial charge on any atom is 0.236 e. The van der Waals surface area contributed by atoms with E-state index in [-0.39, 0.29) is 11.2 Å². The quantitative estimate of drug-likeness (QED) is 0.772. The average molecular weight is 341 g/mol. The van der Waals surface area contributed by atoms with Crippen LogP contribution < -0.4 is 0 Å². The molecule has 0 saturated carbocycles. The minimum atomic E-state index is -0.0849. The van der Waals surface area contributed by atoms with Gasteiger partial charge in [0, 0.05) is 31.1 Å². The van der Waals surface area contributed by atoms with Crippen LogP contribution in [0.5, 0.6) is 0 Å². The van der Waals surface area contributed by atoms with Crippen LogP contribution in [0.25, 0.3) is 0 Å². The molecule has 3 rings (SSSR count). The Bertz CT molecular complexity index is 537. The zero-order valence-corrected chi connectivity index (χ0v) is 14.7. The second-order valence-corrected chi connectivity index (χ2v) is 8.57. The van der Waals surface area contributed by atoms with Crippen LogP contribution in [0.15, 0.2) is 11.4 Å². The minimum Gasteiger partial charge on any atom is -0.358 e. The van der Waals surface area contributed by atoms with E-state index in [1.807, 2.05) is 11.8 Å². The van der Waals surface area contributed by atoms with Crippen molar-refractivity contribution < 1.29 is 4.79 Å². The molecule has 0 spiro atoms. The lowest BCUT2D eigenvalue weighted by atomic mass is 10.1. The van der Waals surface area contributed by atoms with E-state index in [9.17, 15) is 4.79 Å². The maximum atomic E-state index is 12.6. The molecule has 6 heteroatoms. The highest BCUT2D eigenvalue weighted by atomic mass is 32.2. The van der Waals surface area contributed by atoms with Crippen molar-refractivity contribution in [2.24, 2.45) is 0 Å². The van der Waals surface area contributed by atoms with E-state index in [1.165, 1.54) is 23.3 Å². The molecule has 21 heavy (non-hydrogen) atoms. The van der Waals surface area contributed by atoms with E-state index in [0.717, 1.165) is 36.9 Å². The first kappa shape index (κ1) is 15.3. The molecule has 0 aliphatic carbocycles. The molecule has 3 heterocycles. The monoisotopic (exact) mass is 340 g/mol. The van der Waals surface area contributed by atoms with Gasteiger partial charge in [0.15, 0.2) is 0 Å². The predicted octanol–water partition coefficient (Wildman–Crippen LogP) is 3.14. The molecule has 0 bridgehead atoms. The third-order valence-corrected chi connectivity index (χ3v) is 6.69. The molecule has 1 aromatic rings. The smallest absolute Gasteiger partial charge is 0.236 e. The van der Waals surface area contributed by atoms with Crippen molar-refractivity contribution in [1.82, 2.24) is 9.80 Å². The fourth-order valence-electron chi connectivity index (χ4n) is 2.87. The van der Waals surface area contributed by atoms with Gasteiger partial charge in [-0.25, -0.2) is 0 Å². The fraction of sp³-hybridized carbons (Fsp3) is 0.600. The van der Waals surface area contributed by atoms with Gasteiger partial charge in [0.1, 0.15) is 4.32 Å². The first-order valence-electron chi connectivity index (χ1n) is 7.45. The molecular weight excluding hydrogens is 320 g/mol. The maximum absolute atomic E-state index is 12.6. The summed E-state index contributed by atoms with van der Waals surface area (Å²) in [6.45, 7) is 5.69. The van der Waals surface area contributed by atoms with Crippen LogP contribution in [0.4, 0.5) is 0 Å². The lowest BCUT2D eigenvalue weighted by Crippen LogP contribution is -2.40. The van der Waals surface area contributed by atoms with Crippen molar-refractivity contribution in [3.05, 3.63) is 21.9 Å². The Morgan fingerprint density at radius 3 is 2.86 bits per heavy atom. The van der Waals surface area contributed by atoms with Crippen LogP contribution >= 0.6 is 35.3 Å². The van der Waals surface area contributed by atoms with Crippen molar-refractivity contribution in [2.45, 2.75) is 38.0 Å². The van der Waals surface area contributed by atoms with Gasteiger partial charge in [0.2, 0.25) is 5.91 Å².